The third-order valence-electron chi connectivity index (χ3n) is 6.75. The molecule has 1 saturated heterocycles. The van der Waals surface area contributed by atoms with Gasteiger partial charge < -0.3 is 5.73 Å². The molecule has 3 aliphatic rings. The van der Waals surface area contributed by atoms with E-state index in [2.05, 4.69) is 18.7 Å². The summed E-state index contributed by atoms with van der Waals surface area (Å²) in [5.41, 5.74) is 7.23. The summed E-state index contributed by atoms with van der Waals surface area (Å²) in [5, 5.41) is 0. The van der Waals surface area contributed by atoms with Gasteiger partial charge in [-0.3, -0.25) is 4.90 Å². The largest absolute Gasteiger partial charge is 0.329 e. The zero-order valence-electron chi connectivity index (χ0n) is 13.7. The molecule has 0 aromatic rings. The van der Waals surface area contributed by atoms with Gasteiger partial charge in [0.05, 0.1) is 0 Å². The summed E-state index contributed by atoms with van der Waals surface area (Å²) in [6, 6.07) is 0.869. The summed E-state index contributed by atoms with van der Waals surface area (Å²) in [4.78, 5) is 2.91. The number of hydrogen-bond donors (Lipinski definition) is 1. The number of fused-ring (bicyclic) bond motifs is 1. The first kappa shape index (κ1) is 14.8. The third-order valence-corrected chi connectivity index (χ3v) is 6.75. The molecule has 1 aliphatic heterocycles. The summed E-state index contributed by atoms with van der Waals surface area (Å²) in [5.74, 6) is 0.989. The van der Waals surface area contributed by atoms with E-state index >= 15 is 0 Å². The first-order valence-electron chi connectivity index (χ1n) is 9.03. The Morgan fingerprint density at radius 2 is 1.75 bits per heavy atom. The topological polar surface area (TPSA) is 29.3 Å². The lowest BCUT2D eigenvalue weighted by atomic mass is 9.80. The maximum Gasteiger partial charge on any atom is 0.0335 e. The number of piperidine rings is 1. The molecular formula is C18H34N2. The van der Waals surface area contributed by atoms with E-state index in [0.717, 1.165) is 18.5 Å². The molecule has 2 nitrogen and oxygen atoms in total. The van der Waals surface area contributed by atoms with Crippen molar-refractivity contribution in [2.24, 2.45) is 17.1 Å². The standard InChI is InChI=1S/C18H34N2/c1-17(2)9-5-10-18(14-19,12-11-17)20-13-4-7-15-6-3-8-16(15)20/h15-16H,3-14,19H2,1-2H3. The van der Waals surface area contributed by atoms with Crippen molar-refractivity contribution in [3.05, 3.63) is 0 Å². The van der Waals surface area contributed by atoms with Gasteiger partial charge in [0.2, 0.25) is 0 Å². The van der Waals surface area contributed by atoms with Gasteiger partial charge in [-0.05, 0) is 69.2 Å². The minimum absolute atomic E-state index is 0.335. The second-order valence-corrected chi connectivity index (χ2v) is 8.54. The van der Waals surface area contributed by atoms with Crippen LogP contribution in [0.5, 0.6) is 0 Å². The second-order valence-electron chi connectivity index (χ2n) is 8.54. The molecule has 2 heteroatoms. The minimum atomic E-state index is 0.335. The molecule has 2 N–H and O–H groups in total. The van der Waals surface area contributed by atoms with Crippen molar-refractivity contribution in [2.45, 2.75) is 89.6 Å². The van der Waals surface area contributed by atoms with Gasteiger partial charge >= 0.3 is 0 Å². The van der Waals surface area contributed by atoms with Crippen LogP contribution in [0, 0.1) is 11.3 Å². The highest BCUT2D eigenvalue weighted by Crippen LogP contribution is 2.46. The molecule has 0 amide bonds. The average molecular weight is 278 g/mol. The van der Waals surface area contributed by atoms with Crippen LogP contribution < -0.4 is 5.73 Å². The number of nitrogens with zero attached hydrogens (tertiary/aromatic N) is 1. The molecule has 2 saturated carbocycles. The van der Waals surface area contributed by atoms with Crippen LogP contribution in [0.25, 0.3) is 0 Å². The van der Waals surface area contributed by atoms with Crippen LogP contribution in [-0.2, 0) is 0 Å². The fraction of sp³-hybridized carbons (Fsp3) is 1.00. The fourth-order valence-corrected chi connectivity index (χ4v) is 5.37. The van der Waals surface area contributed by atoms with Crippen molar-refractivity contribution >= 4 is 0 Å². The van der Waals surface area contributed by atoms with Crippen molar-refractivity contribution in [2.75, 3.05) is 13.1 Å². The highest BCUT2D eigenvalue weighted by Gasteiger charge is 2.46. The molecule has 0 bridgehead atoms. The van der Waals surface area contributed by atoms with Crippen LogP contribution in [0.4, 0.5) is 0 Å². The van der Waals surface area contributed by atoms with Crippen LogP contribution in [0.1, 0.15) is 78.1 Å². The summed E-state index contributed by atoms with van der Waals surface area (Å²) >= 11 is 0. The van der Waals surface area contributed by atoms with Gasteiger partial charge in [-0.2, -0.15) is 0 Å². The molecule has 3 rings (SSSR count). The number of rotatable bonds is 2. The van der Waals surface area contributed by atoms with E-state index in [0.29, 0.717) is 11.0 Å². The molecule has 0 aromatic heterocycles. The molecule has 3 fully saturated rings. The maximum atomic E-state index is 6.37. The van der Waals surface area contributed by atoms with Crippen molar-refractivity contribution in [3.63, 3.8) is 0 Å². The van der Waals surface area contributed by atoms with Crippen molar-refractivity contribution in [3.8, 4) is 0 Å². The third kappa shape index (κ3) is 2.66. The average Bonchev–Trinajstić information content (AvgIpc) is 2.85. The quantitative estimate of drug-likeness (QED) is 0.775. The molecular weight excluding hydrogens is 244 g/mol. The molecule has 1 heterocycles. The van der Waals surface area contributed by atoms with Crippen LogP contribution in [0.2, 0.25) is 0 Å². The molecule has 3 unspecified atom stereocenters. The Morgan fingerprint density at radius 1 is 0.950 bits per heavy atom. The van der Waals surface area contributed by atoms with Crippen LogP contribution in [-0.4, -0.2) is 29.6 Å². The Hall–Kier alpha value is -0.0800. The van der Waals surface area contributed by atoms with Crippen molar-refractivity contribution in [1.29, 1.82) is 0 Å². The SMILES string of the molecule is CC1(C)CCCC(CN)(N2CCCC3CCCC32)CC1. The Labute approximate surface area is 125 Å². The van der Waals surface area contributed by atoms with Gasteiger partial charge in [-0.25, -0.2) is 0 Å². The van der Waals surface area contributed by atoms with E-state index < -0.39 is 0 Å². The van der Waals surface area contributed by atoms with Crippen molar-refractivity contribution < 1.29 is 0 Å². The van der Waals surface area contributed by atoms with Gasteiger partial charge in [0, 0.05) is 18.1 Å². The summed E-state index contributed by atoms with van der Waals surface area (Å²) < 4.78 is 0. The normalized spacial score (nSPS) is 42.1. The van der Waals surface area contributed by atoms with Gasteiger partial charge in [0.25, 0.3) is 0 Å². The lowest BCUT2D eigenvalue weighted by Gasteiger charge is -2.51. The number of hydrogen-bond acceptors (Lipinski definition) is 2. The molecule has 0 radical (unpaired) electrons. The van der Waals surface area contributed by atoms with E-state index in [1.54, 1.807) is 0 Å². The van der Waals surface area contributed by atoms with E-state index in [4.69, 9.17) is 5.73 Å². The Balaban J connectivity index is 1.80. The number of likely N-dealkylation sites (tertiary alicyclic amines) is 1. The van der Waals surface area contributed by atoms with E-state index in [1.165, 1.54) is 70.8 Å². The van der Waals surface area contributed by atoms with Crippen LogP contribution in [0.15, 0.2) is 0 Å². The monoisotopic (exact) mass is 278 g/mol. The van der Waals surface area contributed by atoms with E-state index in [1.807, 2.05) is 0 Å². The van der Waals surface area contributed by atoms with Crippen molar-refractivity contribution in [1.82, 2.24) is 4.90 Å². The smallest absolute Gasteiger partial charge is 0.0335 e. The summed E-state index contributed by atoms with van der Waals surface area (Å²) in [6.07, 6.45) is 14.1. The molecule has 3 atom stereocenters. The lowest BCUT2D eigenvalue weighted by molar-refractivity contribution is -0.00731. The van der Waals surface area contributed by atoms with Gasteiger partial charge in [0.15, 0.2) is 0 Å². The predicted molar refractivity (Wildman–Crippen MR) is 85.7 cm³/mol. The summed E-state index contributed by atoms with van der Waals surface area (Å²) in [6.45, 7) is 7.10. The summed E-state index contributed by atoms with van der Waals surface area (Å²) in [7, 11) is 0. The first-order chi connectivity index (χ1) is 9.56. The Kier molecular flexibility index (Phi) is 4.16. The van der Waals surface area contributed by atoms with E-state index in [-0.39, 0.29) is 0 Å². The second kappa shape index (κ2) is 5.61. The zero-order chi connectivity index (χ0) is 14.2. The Bertz CT molecular complexity index is 338. The maximum absolute atomic E-state index is 6.37. The highest BCUT2D eigenvalue weighted by molar-refractivity contribution is 5.02. The Morgan fingerprint density at radius 3 is 2.55 bits per heavy atom. The molecule has 2 aliphatic carbocycles. The van der Waals surface area contributed by atoms with E-state index in [9.17, 15) is 0 Å². The number of nitrogens with two attached hydrogens (primary N) is 1. The first-order valence-corrected chi connectivity index (χ1v) is 9.03. The fourth-order valence-electron chi connectivity index (χ4n) is 5.37. The molecule has 0 spiro atoms. The van der Waals surface area contributed by atoms with Gasteiger partial charge in [-0.1, -0.05) is 26.7 Å². The van der Waals surface area contributed by atoms with Crippen LogP contribution >= 0.6 is 0 Å². The predicted octanol–water partition coefficient (Wildman–Crippen LogP) is 3.94. The van der Waals surface area contributed by atoms with Gasteiger partial charge in [0.1, 0.15) is 0 Å². The molecule has 116 valence electrons. The highest BCUT2D eigenvalue weighted by atomic mass is 15.2. The lowest BCUT2D eigenvalue weighted by Crippen LogP contribution is -2.60. The van der Waals surface area contributed by atoms with Gasteiger partial charge in [-0.15, -0.1) is 0 Å². The zero-order valence-corrected chi connectivity index (χ0v) is 13.7. The van der Waals surface area contributed by atoms with Crippen LogP contribution in [0.3, 0.4) is 0 Å². The molecule has 0 aromatic carbocycles. The molecule has 20 heavy (non-hydrogen) atoms. The minimum Gasteiger partial charge on any atom is -0.329 e.